The predicted octanol–water partition coefficient (Wildman–Crippen LogP) is 1.98. The molecule has 130 valence electrons. The highest BCUT2D eigenvalue weighted by Gasteiger charge is 2.19. The second-order valence-electron chi connectivity index (χ2n) is 5.75. The zero-order valence-corrected chi connectivity index (χ0v) is 13.8. The van der Waals surface area contributed by atoms with Crippen molar-refractivity contribution in [2.24, 2.45) is 5.73 Å². The molecule has 3 rings (SSSR count). The van der Waals surface area contributed by atoms with Crippen LogP contribution < -0.4 is 10.6 Å². The lowest BCUT2D eigenvalue weighted by Gasteiger charge is -2.30. The van der Waals surface area contributed by atoms with E-state index in [1.54, 1.807) is 30.3 Å². The van der Waals surface area contributed by atoms with E-state index in [2.05, 4.69) is 4.90 Å². The second-order valence-corrected chi connectivity index (χ2v) is 5.75. The fourth-order valence-electron chi connectivity index (χ4n) is 2.72. The molecule has 0 radical (unpaired) electrons. The van der Waals surface area contributed by atoms with Crippen LogP contribution in [-0.4, -0.2) is 38.2 Å². The van der Waals surface area contributed by atoms with Crippen molar-refractivity contribution in [2.45, 2.75) is 6.61 Å². The van der Waals surface area contributed by atoms with E-state index in [4.69, 9.17) is 15.2 Å². The summed E-state index contributed by atoms with van der Waals surface area (Å²) in [6.07, 6.45) is 0. The lowest BCUT2D eigenvalue weighted by molar-refractivity contribution is 0.0472. The SMILES string of the molecule is NC(=O)c1ccc(COC(=O)c2ccccc2N2CCOCC2)cc1. The van der Waals surface area contributed by atoms with Crippen molar-refractivity contribution in [2.75, 3.05) is 31.2 Å². The summed E-state index contributed by atoms with van der Waals surface area (Å²) in [5, 5.41) is 0. The van der Waals surface area contributed by atoms with Crippen LogP contribution in [0.25, 0.3) is 0 Å². The van der Waals surface area contributed by atoms with Crippen LogP contribution in [0.5, 0.6) is 0 Å². The first kappa shape index (κ1) is 17.0. The van der Waals surface area contributed by atoms with Gasteiger partial charge in [-0.05, 0) is 29.8 Å². The van der Waals surface area contributed by atoms with Crippen LogP contribution in [-0.2, 0) is 16.1 Å². The van der Waals surface area contributed by atoms with Gasteiger partial charge >= 0.3 is 5.97 Å². The molecule has 1 amide bonds. The summed E-state index contributed by atoms with van der Waals surface area (Å²) in [4.78, 5) is 25.7. The number of benzene rings is 2. The Labute approximate surface area is 146 Å². The molecule has 6 heteroatoms. The van der Waals surface area contributed by atoms with Gasteiger partial charge in [0.05, 0.1) is 24.5 Å². The number of nitrogens with zero attached hydrogens (tertiary/aromatic N) is 1. The van der Waals surface area contributed by atoms with Gasteiger partial charge < -0.3 is 20.1 Å². The first-order valence-corrected chi connectivity index (χ1v) is 8.13. The van der Waals surface area contributed by atoms with E-state index in [9.17, 15) is 9.59 Å². The molecule has 0 spiro atoms. The number of hydrogen-bond acceptors (Lipinski definition) is 5. The number of rotatable bonds is 5. The van der Waals surface area contributed by atoms with E-state index in [-0.39, 0.29) is 12.6 Å². The summed E-state index contributed by atoms with van der Waals surface area (Å²) in [6.45, 7) is 2.93. The van der Waals surface area contributed by atoms with E-state index in [0.29, 0.717) is 24.3 Å². The largest absolute Gasteiger partial charge is 0.457 e. The van der Waals surface area contributed by atoms with Gasteiger partial charge in [-0.1, -0.05) is 24.3 Å². The van der Waals surface area contributed by atoms with E-state index in [1.165, 1.54) is 0 Å². The van der Waals surface area contributed by atoms with Gasteiger partial charge in [-0.3, -0.25) is 4.79 Å². The number of amides is 1. The van der Waals surface area contributed by atoms with E-state index < -0.39 is 5.91 Å². The minimum atomic E-state index is -0.483. The van der Waals surface area contributed by atoms with Gasteiger partial charge in [0.2, 0.25) is 5.91 Å². The Balaban J connectivity index is 1.68. The molecule has 1 aliphatic heterocycles. The maximum absolute atomic E-state index is 12.5. The number of carbonyl (C=O) groups is 2. The lowest BCUT2D eigenvalue weighted by Crippen LogP contribution is -2.37. The third kappa shape index (κ3) is 4.16. The second kappa shape index (κ2) is 7.81. The summed E-state index contributed by atoms with van der Waals surface area (Å²) < 4.78 is 10.8. The number of ether oxygens (including phenoxy) is 2. The highest BCUT2D eigenvalue weighted by molar-refractivity contribution is 5.96. The molecule has 0 unspecified atom stereocenters. The van der Waals surface area contributed by atoms with Crippen LogP contribution >= 0.6 is 0 Å². The minimum absolute atomic E-state index is 0.134. The number of carbonyl (C=O) groups excluding carboxylic acids is 2. The molecule has 2 aromatic carbocycles. The number of nitrogens with two attached hydrogens (primary N) is 1. The smallest absolute Gasteiger partial charge is 0.340 e. The quantitative estimate of drug-likeness (QED) is 0.842. The number of anilines is 1. The molecule has 1 heterocycles. The Hall–Kier alpha value is -2.86. The zero-order chi connectivity index (χ0) is 17.6. The maximum Gasteiger partial charge on any atom is 0.340 e. The van der Waals surface area contributed by atoms with Crippen molar-refractivity contribution in [3.63, 3.8) is 0 Å². The molecule has 2 aromatic rings. The first-order valence-electron chi connectivity index (χ1n) is 8.13. The summed E-state index contributed by atoms with van der Waals surface area (Å²) in [6, 6.07) is 14.1. The lowest BCUT2D eigenvalue weighted by atomic mass is 10.1. The van der Waals surface area contributed by atoms with Gasteiger partial charge in [-0.2, -0.15) is 0 Å². The molecule has 6 nitrogen and oxygen atoms in total. The van der Waals surface area contributed by atoms with Crippen LogP contribution in [0, 0.1) is 0 Å². The third-order valence-electron chi connectivity index (χ3n) is 4.08. The van der Waals surface area contributed by atoms with Crippen molar-refractivity contribution < 1.29 is 19.1 Å². The molecule has 1 aliphatic rings. The molecule has 0 bridgehead atoms. The number of morpholine rings is 1. The fraction of sp³-hybridized carbons (Fsp3) is 0.263. The third-order valence-corrected chi connectivity index (χ3v) is 4.08. The topological polar surface area (TPSA) is 81.9 Å². The van der Waals surface area contributed by atoms with Crippen molar-refractivity contribution in [1.29, 1.82) is 0 Å². The molecular weight excluding hydrogens is 320 g/mol. The van der Waals surface area contributed by atoms with Gasteiger partial charge in [-0.15, -0.1) is 0 Å². The van der Waals surface area contributed by atoms with Gasteiger partial charge in [0, 0.05) is 18.7 Å². The number of primary amides is 1. The number of esters is 1. The highest BCUT2D eigenvalue weighted by atomic mass is 16.5. The van der Waals surface area contributed by atoms with Crippen LogP contribution in [0.1, 0.15) is 26.3 Å². The van der Waals surface area contributed by atoms with Crippen molar-refractivity contribution in [3.05, 3.63) is 65.2 Å². The zero-order valence-electron chi connectivity index (χ0n) is 13.8. The van der Waals surface area contributed by atoms with Crippen molar-refractivity contribution in [1.82, 2.24) is 0 Å². The van der Waals surface area contributed by atoms with E-state index >= 15 is 0 Å². The molecule has 0 aromatic heterocycles. The summed E-state index contributed by atoms with van der Waals surface area (Å²) in [5.41, 5.74) is 7.83. The Morgan fingerprint density at radius 1 is 1.04 bits per heavy atom. The van der Waals surface area contributed by atoms with Gasteiger partial charge in [0.15, 0.2) is 0 Å². The van der Waals surface area contributed by atoms with E-state index in [1.807, 2.05) is 18.2 Å². The van der Waals surface area contributed by atoms with Gasteiger partial charge in [-0.25, -0.2) is 4.79 Å². The maximum atomic E-state index is 12.5. The van der Waals surface area contributed by atoms with Crippen LogP contribution in [0.2, 0.25) is 0 Å². The molecule has 1 saturated heterocycles. The molecule has 0 atom stereocenters. The number of hydrogen-bond donors (Lipinski definition) is 1. The summed E-state index contributed by atoms with van der Waals surface area (Å²) in [5.74, 6) is -0.857. The average Bonchev–Trinajstić information content (AvgIpc) is 2.67. The predicted molar refractivity (Wildman–Crippen MR) is 93.6 cm³/mol. The monoisotopic (exact) mass is 340 g/mol. The van der Waals surface area contributed by atoms with Gasteiger partial charge in [0.1, 0.15) is 6.61 Å². The van der Waals surface area contributed by atoms with Crippen molar-refractivity contribution in [3.8, 4) is 0 Å². The summed E-state index contributed by atoms with van der Waals surface area (Å²) in [7, 11) is 0. The molecule has 0 aliphatic carbocycles. The molecule has 0 saturated carbocycles. The van der Waals surface area contributed by atoms with Crippen LogP contribution in [0.3, 0.4) is 0 Å². The fourth-order valence-corrected chi connectivity index (χ4v) is 2.72. The molecular formula is C19H20N2O4. The Morgan fingerprint density at radius 2 is 1.72 bits per heavy atom. The van der Waals surface area contributed by atoms with Crippen LogP contribution in [0.4, 0.5) is 5.69 Å². The molecule has 2 N–H and O–H groups in total. The summed E-state index contributed by atoms with van der Waals surface area (Å²) >= 11 is 0. The molecule has 25 heavy (non-hydrogen) atoms. The first-order chi connectivity index (χ1) is 12.1. The normalized spacial score (nSPS) is 14.2. The molecule has 1 fully saturated rings. The van der Waals surface area contributed by atoms with Gasteiger partial charge in [0.25, 0.3) is 0 Å². The average molecular weight is 340 g/mol. The highest BCUT2D eigenvalue weighted by Crippen LogP contribution is 2.22. The number of para-hydroxylation sites is 1. The Morgan fingerprint density at radius 3 is 2.40 bits per heavy atom. The standard InChI is InChI=1S/C19H20N2O4/c20-18(22)15-7-5-14(6-8-15)13-25-19(23)16-3-1-2-4-17(16)21-9-11-24-12-10-21/h1-8H,9-13H2,(H2,20,22). The Bertz CT molecular complexity index is 752. The van der Waals surface area contributed by atoms with E-state index in [0.717, 1.165) is 24.3 Å². The Kier molecular flexibility index (Phi) is 5.30. The van der Waals surface area contributed by atoms with Crippen molar-refractivity contribution >= 4 is 17.6 Å². The van der Waals surface area contributed by atoms with Crippen LogP contribution in [0.15, 0.2) is 48.5 Å². The minimum Gasteiger partial charge on any atom is -0.457 e.